The zero-order valence-corrected chi connectivity index (χ0v) is 13.1. The highest BCUT2D eigenvalue weighted by Crippen LogP contribution is 2.65. The molecule has 2 heterocycles. The summed E-state index contributed by atoms with van der Waals surface area (Å²) in [5.74, 6) is -2.58. The molecule has 1 aliphatic carbocycles. The largest absolute Gasteiger partial charge is 0.508 e. The van der Waals surface area contributed by atoms with Gasteiger partial charge in [-0.15, -0.1) is 0 Å². The van der Waals surface area contributed by atoms with E-state index in [0.29, 0.717) is 6.42 Å². The Kier molecular flexibility index (Phi) is 3.15. The number of Topliss-reactive ketones (excluding diaryl/α,β-unsaturated/α-hetero) is 1. The molecular weight excluding hydrogens is 332 g/mol. The Hall–Kier alpha value is -2.61. The van der Waals surface area contributed by atoms with Gasteiger partial charge in [0.15, 0.2) is 11.9 Å². The maximum Gasteiger partial charge on any atom is 0.336 e. The molecule has 1 saturated carbocycles. The number of rotatable bonds is 3. The minimum absolute atomic E-state index is 0.132. The van der Waals surface area contributed by atoms with Gasteiger partial charge in [-0.3, -0.25) is 9.59 Å². The summed E-state index contributed by atoms with van der Waals surface area (Å²) >= 11 is 0. The van der Waals surface area contributed by atoms with Crippen molar-refractivity contribution < 1.29 is 39.2 Å². The number of phenolic OH excluding ortho intramolecular Hbond substituents is 2. The first-order valence-electron chi connectivity index (χ1n) is 7.93. The average molecular weight is 348 g/mol. The first-order chi connectivity index (χ1) is 11.8. The van der Waals surface area contributed by atoms with Crippen LogP contribution in [0.4, 0.5) is 0 Å². The lowest BCUT2D eigenvalue weighted by atomic mass is 9.62. The molecule has 0 unspecified atom stereocenters. The molecule has 0 bridgehead atoms. The Labute approximate surface area is 142 Å². The van der Waals surface area contributed by atoms with E-state index < -0.39 is 40.8 Å². The van der Waals surface area contributed by atoms with Gasteiger partial charge in [0.2, 0.25) is 0 Å². The molecule has 4 rings (SSSR count). The normalized spacial score (nSPS) is 35.9. The van der Waals surface area contributed by atoms with Crippen molar-refractivity contribution in [1.29, 1.82) is 0 Å². The zero-order valence-electron chi connectivity index (χ0n) is 13.1. The van der Waals surface area contributed by atoms with Crippen LogP contribution in [0, 0.1) is 10.8 Å². The van der Waals surface area contributed by atoms with Crippen LogP contribution < -0.4 is 0 Å². The van der Waals surface area contributed by atoms with E-state index >= 15 is 0 Å². The topological polar surface area (TPSA) is 130 Å². The number of aromatic hydroxyl groups is 2. The van der Waals surface area contributed by atoms with Gasteiger partial charge in [-0.2, -0.15) is 0 Å². The Morgan fingerprint density at radius 2 is 2.04 bits per heavy atom. The number of ketones is 1. The summed E-state index contributed by atoms with van der Waals surface area (Å²) in [5.41, 5.74) is -2.81. The zero-order chi connectivity index (χ0) is 18.0. The standard InChI is InChI=1S/C17H16O8/c18-8-1-2-10(19)9(5-8)11(20)6-16-4-3-12-17(16,7-24-15(16)23)13(21)14(22)25-12/h1-2,5,12-13,18-19,21H,3-4,6-7H2/t12-,13-,16-,17+/m1/s1. The van der Waals surface area contributed by atoms with E-state index in [1.165, 1.54) is 12.1 Å². The number of hydrogen-bond acceptors (Lipinski definition) is 8. The van der Waals surface area contributed by atoms with Gasteiger partial charge in [-0.05, 0) is 31.0 Å². The molecule has 8 nitrogen and oxygen atoms in total. The number of carbonyl (C=O) groups excluding carboxylic acids is 3. The number of benzene rings is 1. The van der Waals surface area contributed by atoms with Crippen LogP contribution in [0.15, 0.2) is 18.2 Å². The monoisotopic (exact) mass is 348 g/mol. The summed E-state index contributed by atoms with van der Waals surface area (Å²) in [6.07, 6.45) is -2.01. The molecule has 3 fully saturated rings. The predicted molar refractivity (Wildman–Crippen MR) is 79.7 cm³/mol. The highest BCUT2D eigenvalue weighted by Gasteiger charge is 2.78. The van der Waals surface area contributed by atoms with Crippen molar-refractivity contribution in [2.24, 2.45) is 10.8 Å². The molecule has 3 N–H and O–H groups in total. The van der Waals surface area contributed by atoms with Gasteiger partial charge in [-0.25, -0.2) is 4.79 Å². The molecule has 2 saturated heterocycles. The fourth-order valence-corrected chi connectivity index (χ4v) is 4.56. The molecule has 0 amide bonds. The SMILES string of the molecule is O=C(C[C@@]12CC[C@H]3OC(=O)[C@@H](O)[C@]31COC2=O)c1cc(O)ccc1O. The molecule has 2 aliphatic heterocycles. The molecule has 8 heteroatoms. The van der Waals surface area contributed by atoms with Crippen molar-refractivity contribution in [3.05, 3.63) is 23.8 Å². The summed E-state index contributed by atoms with van der Waals surface area (Å²) in [5, 5.41) is 29.8. The quantitative estimate of drug-likeness (QED) is 0.403. The van der Waals surface area contributed by atoms with Gasteiger partial charge in [0, 0.05) is 6.42 Å². The molecule has 4 atom stereocenters. The number of cyclic esters (lactones) is 1. The van der Waals surface area contributed by atoms with Crippen LogP contribution in [-0.4, -0.2) is 51.9 Å². The number of esters is 2. The molecule has 25 heavy (non-hydrogen) atoms. The van der Waals surface area contributed by atoms with Crippen LogP contribution in [0.1, 0.15) is 29.6 Å². The van der Waals surface area contributed by atoms with E-state index in [0.717, 1.165) is 6.07 Å². The lowest BCUT2D eigenvalue weighted by molar-refractivity contribution is -0.149. The van der Waals surface area contributed by atoms with E-state index in [1.54, 1.807) is 0 Å². The van der Waals surface area contributed by atoms with Crippen molar-refractivity contribution in [3.8, 4) is 11.5 Å². The van der Waals surface area contributed by atoms with E-state index in [9.17, 15) is 29.7 Å². The predicted octanol–water partition coefficient (Wildman–Crippen LogP) is 0.280. The molecule has 1 spiro atoms. The minimum atomic E-state index is -1.54. The van der Waals surface area contributed by atoms with Gasteiger partial charge >= 0.3 is 11.9 Å². The maximum absolute atomic E-state index is 12.7. The third-order valence-electron chi connectivity index (χ3n) is 5.84. The molecule has 132 valence electrons. The third-order valence-corrected chi connectivity index (χ3v) is 5.84. The summed E-state index contributed by atoms with van der Waals surface area (Å²) in [6, 6.07) is 3.52. The number of aliphatic hydroxyl groups excluding tert-OH is 1. The van der Waals surface area contributed by atoms with Gasteiger partial charge < -0.3 is 24.8 Å². The van der Waals surface area contributed by atoms with Crippen LogP contribution in [-0.2, 0) is 19.1 Å². The summed E-state index contributed by atoms with van der Waals surface area (Å²) in [7, 11) is 0. The summed E-state index contributed by atoms with van der Waals surface area (Å²) in [4.78, 5) is 37.1. The van der Waals surface area contributed by atoms with Crippen LogP contribution in [0.2, 0.25) is 0 Å². The molecule has 0 aromatic heterocycles. The average Bonchev–Trinajstić information content (AvgIpc) is 3.12. The van der Waals surface area contributed by atoms with Crippen LogP contribution in [0.5, 0.6) is 11.5 Å². The second-order valence-corrected chi connectivity index (χ2v) is 6.87. The Bertz CT molecular complexity index is 802. The van der Waals surface area contributed by atoms with E-state index in [4.69, 9.17) is 9.47 Å². The Balaban J connectivity index is 1.75. The fourth-order valence-electron chi connectivity index (χ4n) is 4.56. The number of phenols is 2. The second kappa shape index (κ2) is 4.95. The van der Waals surface area contributed by atoms with E-state index in [1.807, 2.05) is 0 Å². The van der Waals surface area contributed by atoms with E-state index in [-0.39, 0.29) is 36.5 Å². The number of hydrogen-bond donors (Lipinski definition) is 3. The summed E-state index contributed by atoms with van der Waals surface area (Å²) in [6.45, 7) is -0.192. The molecule has 1 aromatic carbocycles. The first kappa shape index (κ1) is 15.9. The Morgan fingerprint density at radius 1 is 1.28 bits per heavy atom. The Morgan fingerprint density at radius 3 is 2.80 bits per heavy atom. The van der Waals surface area contributed by atoms with Crippen molar-refractivity contribution in [3.63, 3.8) is 0 Å². The van der Waals surface area contributed by atoms with Crippen LogP contribution in [0.3, 0.4) is 0 Å². The lowest BCUT2D eigenvalue weighted by Crippen LogP contribution is -2.50. The minimum Gasteiger partial charge on any atom is -0.508 e. The van der Waals surface area contributed by atoms with Crippen LogP contribution in [0.25, 0.3) is 0 Å². The van der Waals surface area contributed by atoms with Gasteiger partial charge in [0.25, 0.3) is 0 Å². The second-order valence-electron chi connectivity index (χ2n) is 6.87. The third kappa shape index (κ3) is 1.82. The van der Waals surface area contributed by atoms with Crippen molar-refractivity contribution >= 4 is 17.7 Å². The molecule has 0 radical (unpaired) electrons. The molecule has 1 aromatic rings. The molecular formula is C17H16O8. The van der Waals surface area contributed by atoms with Crippen LogP contribution >= 0.6 is 0 Å². The number of aliphatic hydroxyl groups is 1. The highest BCUT2D eigenvalue weighted by molar-refractivity contribution is 6.02. The van der Waals surface area contributed by atoms with Gasteiger partial charge in [0.05, 0.1) is 16.4 Å². The van der Waals surface area contributed by atoms with Crippen molar-refractivity contribution in [2.75, 3.05) is 6.61 Å². The summed E-state index contributed by atoms with van der Waals surface area (Å²) < 4.78 is 10.3. The van der Waals surface area contributed by atoms with Gasteiger partial charge in [0.1, 0.15) is 24.2 Å². The fraction of sp³-hybridized carbons (Fsp3) is 0.471. The highest BCUT2D eigenvalue weighted by atomic mass is 16.6. The number of carbonyl (C=O) groups is 3. The molecule has 3 aliphatic rings. The lowest BCUT2D eigenvalue weighted by Gasteiger charge is -2.34. The van der Waals surface area contributed by atoms with Gasteiger partial charge in [-0.1, -0.05) is 0 Å². The first-order valence-corrected chi connectivity index (χ1v) is 7.93. The maximum atomic E-state index is 12.7. The van der Waals surface area contributed by atoms with Crippen molar-refractivity contribution in [2.45, 2.75) is 31.5 Å². The number of ether oxygens (including phenoxy) is 2. The smallest absolute Gasteiger partial charge is 0.336 e. The van der Waals surface area contributed by atoms with Crippen molar-refractivity contribution in [1.82, 2.24) is 0 Å². The van der Waals surface area contributed by atoms with E-state index in [2.05, 4.69) is 0 Å².